The minimum atomic E-state index is -0.536. The molecule has 3 atom stereocenters. The van der Waals surface area contributed by atoms with Crippen molar-refractivity contribution in [1.82, 2.24) is 4.90 Å². The lowest BCUT2D eigenvalue weighted by atomic mass is 9.91. The summed E-state index contributed by atoms with van der Waals surface area (Å²) in [5.41, 5.74) is -0.536. The maximum atomic E-state index is 12.2. The summed E-state index contributed by atoms with van der Waals surface area (Å²) in [7, 11) is 3.32. The summed E-state index contributed by atoms with van der Waals surface area (Å²) in [4.78, 5) is 26.0. The first-order valence-electron chi connectivity index (χ1n) is 8.18. The molecular weight excluding hydrogens is 294 g/mol. The van der Waals surface area contributed by atoms with Gasteiger partial charge in [0.25, 0.3) is 0 Å². The lowest BCUT2D eigenvalue weighted by Crippen LogP contribution is -2.50. The van der Waals surface area contributed by atoms with E-state index in [1.165, 1.54) is 0 Å². The first-order chi connectivity index (χ1) is 10.6. The van der Waals surface area contributed by atoms with Crippen LogP contribution in [-0.4, -0.2) is 48.7 Å². The third-order valence-electron chi connectivity index (χ3n) is 3.86. The molecule has 134 valence electrons. The van der Waals surface area contributed by atoms with Crippen LogP contribution in [0.1, 0.15) is 53.9 Å². The van der Waals surface area contributed by atoms with E-state index >= 15 is 0 Å². The third-order valence-corrected chi connectivity index (χ3v) is 3.86. The number of ether oxygens (including phenoxy) is 2. The van der Waals surface area contributed by atoms with Crippen LogP contribution in [0.25, 0.3) is 0 Å². The molecular formula is C18H33NO4. The molecule has 5 heteroatoms. The molecule has 0 aromatic rings. The molecule has 0 radical (unpaired) electrons. The van der Waals surface area contributed by atoms with Crippen molar-refractivity contribution in [2.45, 2.75) is 71.6 Å². The Hall–Kier alpha value is -1.36. The molecule has 1 amide bonds. The highest BCUT2D eigenvalue weighted by Gasteiger charge is 2.34. The van der Waals surface area contributed by atoms with Gasteiger partial charge in [0.15, 0.2) is 0 Å². The third kappa shape index (κ3) is 7.64. The molecule has 0 rings (SSSR count). The monoisotopic (exact) mass is 327 g/mol. The summed E-state index contributed by atoms with van der Waals surface area (Å²) in [6, 6.07) is -0.190. The first kappa shape index (κ1) is 21.6. The molecule has 0 aliphatic heterocycles. The van der Waals surface area contributed by atoms with Crippen LogP contribution in [0.15, 0.2) is 12.7 Å². The fourth-order valence-electron chi connectivity index (χ4n) is 2.56. The fraction of sp³-hybridized carbons (Fsp3) is 0.778. The van der Waals surface area contributed by atoms with Crippen LogP contribution in [0, 0.1) is 5.92 Å². The van der Waals surface area contributed by atoms with Crippen LogP contribution in [0.4, 0.5) is 0 Å². The van der Waals surface area contributed by atoms with Crippen LogP contribution in [0.3, 0.4) is 0 Å². The minimum absolute atomic E-state index is 0.0310. The number of methoxy groups -OCH3 is 1. The zero-order valence-corrected chi connectivity index (χ0v) is 15.7. The van der Waals surface area contributed by atoms with Gasteiger partial charge in [-0.15, -0.1) is 6.58 Å². The average Bonchev–Trinajstić information content (AvgIpc) is 2.44. The number of carbonyl (C=O) groups excluding carboxylic acids is 2. The summed E-state index contributed by atoms with van der Waals surface area (Å²) in [6.07, 6.45) is 2.45. The number of carbonyl (C=O) groups is 2. The largest absolute Gasteiger partial charge is 0.460 e. The number of esters is 1. The second-order valence-electron chi connectivity index (χ2n) is 6.94. The van der Waals surface area contributed by atoms with Crippen LogP contribution in [0.2, 0.25) is 0 Å². The number of rotatable bonds is 9. The molecule has 0 unspecified atom stereocenters. The molecule has 5 nitrogen and oxygen atoms in total. The number of hydrogen-bond acceptors (Lipinski definition) is 4. The Morgan fingerprint density at radius 1 is 1.30 bits per heavy atom. The number of amides is 1. The van der Waals surface area contributed by atoms with Crippen LogP contribution in [0.5, 0.6) is 0 Å². The van der Waals surface area contributed by atoms with E-state index in [-0.39, 0.29) is 36.7 Å². The molecule has 0 N–H and O–H groups in total. The molecule has 0 heterocycles. The van der Waals surface area contributed by atoms with E-state index in [0.29, 0.717) is 0 Å². The van der Waals surface area contributed by atoms with E-state index in [9.17, 15) is 9.59 Å². The molecule has 0 fully saturated rings. The summed E-state index contributed by atoms with van der Waals surface area (Å²) >= 11 is 0. The molecule has 0 aromatic carbocycles. The van der Waals surface area contributed by atoms with Gasteiger partial charge in [0.2, 0.25) is 5.91 Å². The highest BCUT2D eigenvalue weighted by atomic mass is 16.6. The summed E-state index contributed by atoms with van der Waals surface area (Å²) in [5.74, 6) is -0.153. The molecule has 0 spiro atoms. The number of likely N-dealkylation sites (N-methyl/N-ethyl adjacent to an activating group) is 1. The second kappa shape index (κ2) is 9.71. The van der Waals surface area contributed by atoms with Gasteiger partial charge in [0.05, 0.1) is 18.6 Å². The van der Waals surface area contributed by atoms with E-state index in [1.54, 1.807) is 25.1 Å². The van der Waals surface area contributed by atoms with Crippen molar-refractivity contribution >= 4 is 11.9 Å². The molecule has 0 saturated carbocycles. The van der Waals surface area contributed by atoms with Gasteiger partial charge in [-0.05, 0) is 26.7 Å². The minimum Gasteiger partial charge on any atom is -0.460 e. The van der Waals surface area contributed by atoms with Crippen molar-refractivity contribution in [3.8, 4) is 0 Å². The zero-order valence-electron chi connectivity index (χ0n) is 15.7. The lowest BCUT2D eigenvalue weighted by molar-refractivity contribution is -0.160. The zero-order chi connectivity index (χ0) is 18.2. The predicted molar refractivity (Wildman–Crippen MR) is 92.1 cm³/mol. The van der Waals surface area contributed by atoms with Crippen LogP contribution < -0.4 is 0 Å². The summed E-state index contributed by atoms with van der Waals surface area (Å²) in [6.45, 7) is 13.2. The Morgan fingerprint density at radius 2 is 1.87 bits per heavy atom. The van der Waals surface area contributed by atoms with Gasteiger partial charge in [-0.3, -0.25) is 9.59 Å². The predicted octanol–water partition coefficient (Wildman–Crippen LogP) is 3.18. The number of hydrogen-bond donors (Lipinski definition) is 0. The smallest absolute Gasteiger partial charge is 0.309 e. The first-order valence-corrected chi connectivity index (χ1v) is 8.18. The molecule has 23 heavy (non-hydrogen) atoms. The lowest BCUT2D eigenvalue weighted by Gasteiger charge is -2.37. The van der Waals surface area contributed by atoms with E-state index in [4.69, 9.17) is 9.47 Å². The highest BCUT2D eigenvalue weighted by molar-refractivity contribution is 5.78. The fourth-order valence-corrected chi connectivity index (χ4v) is 2.56. The Bertz CT molecular complexity index is 400. The van der Waals surface area contributed by atoms with E-state index < -0.39 is 11.7 Å². The van der Waals surface area contributed by atoms with Crippen molar-refractivity contribution in [3.05, 3.63) is 12.7 Å². The topological polar surface area (TPSA) is 55.8 Å². The van der Waals surface area contributed by atoms with Crippen molar-refractivity contribution in [1.29, 1.82) is 0 Å². The molecule has 0 bridgehead atoms. The molecule has 0 aliphatic carbocycles. The van der Waals surface area contributed by atoms with Crippen LogP contribution >= 0.6 is 0 Å². The average molecular weight is 327 g/mol. The maximum absolute atomic E-state index is 12.2. The highest BCUT2D eigenvalue weighted by Crippen LogP contribution is 2.23. The quantitative estimate of drug-likeness (QED) is 0.482. The standard InChI is InChI=1S/C18H33NO4/c1-9-11-15(20)19(7)17(13(3)10-2)14(22-8)12-16(21)23-18(4,5)6/h9,13-14,17H,1,10-12H2,2-8H3/t13-,14+,17-/m0/s1. The Labute approximate surface area is 141 Å². The molecule has 0 aromatic heterocycles. The van der Waals surface area contributed by atoms with Crippen LogP contribution in [-0.2, 0) is 19.1 Å². The van der Waals surface area contributed by atoms with E-state index in [0.717, 1.165) is 6.42 Å². The summed E-state index contributed by atoms with van der Waals surface area (Å²) in [5, 5.41) is 0. The summed E-state index contributed by atoms with van der Waals surface area (Å²) < 4.78 is 10.9. The second-order valence-corrected chi connectivity index (χ2v) is 6.94. The molecule has 0 aliphatic rings. The van der Waals surface area contributed by atoms with Gasteiger partial charge >= 0.3 is 5.97 Å². The van der Waals surface area contributed by atoms with Gasteiger partial charge in [0.1, 0.15) is 5.60 Å². The van der Waals surface area contributed by atoms with Gasteiger partial charge in [0, 0.05) is 20.6 Å². The van der Waals surface area contributed by atoms with Crippen molar-refractivity contribution in [2.24, 2.45) is 5.92 Å². The van der Waals surface area contributed by atoms with Gasteiger partial charge in [-0.1, -0.05) is 26.3 Å². The maximum Gasteiger partial charge on any atom is 0.309 e. The Morgan fingerprint density at radius 3 is 2.26 bits per heavy atom. The van der Waals surface area contributed by atoms with Crippen molar-refractivity contribution in [3.63, 3.8) is 0 Å². The van der Waals surface area contributed by atoms with E-state index in [1.807, 2.05) is 20.8 Å². The van der Waals surface area contributed by atoms with Gasteiger partial charge < -0.3 is 14.4 Å². The van der Waals surface area contributed by atoms with Gasteiger partial charge in [-0.25, -0.2) is 0 Å². The van der Waals surface area contributed by atoms with E-state index in [2.05, 4.69) is 20.4 Å². The van der Waals surface area contributed by atoms with Crippen molar-refractivity contribution in [2.75, 3.05) is 14.2 Å². The normalized spacial score (nSPS) is 15.4. The number of nitrogens with zero attached hydrogens (tertiary/aromatic N) is 1. The Kier molecular flexibility index (Phi) is 9.13. The molecule has 0 saturated heterocycles. The van der Waals surface area contributed by atoms with Crippen molar-refractivity contribution < 1.29 is 19.1 Å². The van der Waals surface area contributed by atoms with Gasteiger partial charge in [-0.2, -0.15) is 0 Å². The Balaban J connectivity index is 5.21. The SMILES string of the molecule is C=CCC(=O)N(C)[C@@H]([C@@H](C)CC)[C@@H](CC(=O)OC(C)(C)C)OC.